The molecule has 0 aromatic carbocycles. The topological polar surface area (TPSA) is 62.7 Å². The van der Waals surface area contributed by atoms with E-state index in [4.69, 9.17) is 4.74 Å². The molecular formula is C15H19N3O3. The minimum Gasteiger partial charge on any atom is -0.383 e. The van der Waals surface area contributed by atoms with Crippen molar-refractivity contribution < 1.29 is 14.3 Å². The summed E-state index contributed by atoms with van der Waals surface area (Å²) in [4.78, 5) is 32.4. The Labute approximate surface area is 123 Å². The molecule has 0 saturated carbocycles. The van der Waals surface area contributed by atoms with Gasteiger partial charge in [0.1, 0.15) is 5.69 Å². The largest absolute Gasteiger partial charge is 0.383 e. The lowest BCUT2D eigenvalue weighted by Crippen LogP contribution is -2.41. The van der Waals surface area contributed by atoms with E-state index in [0.717, 1.165) is 6.42 Å². The van der Waals surface area contributed by atoms with Crippen LogP contribution in [-0.4, -0.2) is 65.5 Å². The Morgan fingerprint density at radius 1 is 1.43 bits per heavy atom. The summed E-state index contributed by atoms with van der Waals surface area (Å²) >= 11 is 0. The van der Waals surface area contributed by atoms with Crippen LogP contribution in [0.2, 0.25) is 0 Å². The van der Waals surface area contributed by atoms with Crippen molar-refractivity contribution in [1.29, 1.82) is 0 Å². The molecule has 2 aliphatic heterocycles. The van der Waals surface area contributed by atoms with Gasteiger partial charge in [0.15, 0.2) is 0 Å². The Morgan fingerprint density at radius 2 is 2.29 bits per heavy atom. The van der Waals surface area contributed by atoms with Gasteiger partial charge in [-0.15, -0.1) is 0 Å². The van der Waals surface area contributed by atoms with Gasteiger partial charge in [0, 0.05) is 32.8 Å². The SMILES string of the molecule is COCCN1C(=O)C[C@@H]2[C@H]1CCN2C(=O)c1ccccn1. The molecule has 1 aromatic rings. The molecule has 0 radical (unpaired) electrons. The predicted octanol–water partition coefficient (Wildman–Crippen LogP) is 0.543. The van der Waals surface area contributed by atoms with Crippen molar-refractivity contribution in [2.75, 3.05) is 26.8 Å². The monoisotopic (exact) mass is 289 g/mol. The van der Waals surface area contributed by atoms with Crippen LogP contribution < -0.4 is 0 Å². The zero-order valence-corrected chi connectivity index (χ0v) is 12.1. The summed E-state index contributed by atoms with van der Waals surface area (Å²) in [7, 11) is 1.63. The lowest BCUT2D eigenvalue weighted by molar-refractivity contribution is -0.129. The number of carbonyl (C=O) groups is 2. The molecular weight excluding hydrogens is 270 g/mol. The van der Waals surface area contributed by atoms with E-state index in [2.05, 4.69) is 4.98 Å². The van der Waals surface area contributed by atoms with Crippen molar-refractivity contribution in [3.63, 3.8) is 0 Å². The fourth-order valence-corrected chi connectivity index (χ4v) is 3.30. The number of pyridine rings is 1. The van der Waals surface area contributed by atoms with Crippen molar-refractivity contribution in [3.05, 3.63) is 30.1 Å². The predicted molar refractivity (Wildman–Crippen MR) is 75.7 cm³/mol. The zero-order chi connectivity index (χ0) is 14.8. The second-order valence-electron chi connectivity index (χ2n) is 5.42. The molecule has 0 spiro atoms. The summed E-state index contributed by atoms with van der Waals surface area (Å²) < 4.78 is 5.06. The van der Waals surface area contributed by atoms with Crippen LogP contribution in [0.15, 0.2) is 24.4 Å². The molecule has 0 unspecified atom stereocenters. The number of hydrogen-bond donors (Lipinski definition) is 0. The maximum Gasteiger partial charge on any atom is 0.272 e. The maximum atomic E-state index is 12.5. The Morgan fingerprint density at radius 3 is 3.00 bits per heavy atom. The summed E-state index contributed by atoms with van der Waals surface area (Å²) in [5.74, 6) is 0.0325. The number of hydrogen-bond acceptors (Lipinski definition) is 4. The van der Waals surface area contributed by atoms with Gasteiger partial charge in [-0.25, -0.2) is 0 Å². The highest BCUT2D eigenvalue weighted by atomic mass is 16.5. The second-order valence-corrected chi connectivity index (χ2v) is 5.42. The Balaban J connectivity index is 1.74. The number of likely N-dealkylation sites (tertiary alicyclic amines) is 2. The van der Waals surface area contributed by atoms with E-state index in [1.54, 1.807) is 36.4 Å². The van der Waals surface area contributed by atoms with Crippen LogP contribution in [0.5, 0.6) is 0 Å². The van der Waals surface area contributed by atoms with Crippen LogP contribution in [0.1, 0.15) is 23.3 Å². The molecule has 6 heteroatoms. The van der Waals surface area contributed by atoms with Gasteiger partial charge in [0.25, 0.3) is 5.91 Å². The summed E-state index contributed by atoms with van der Waals surface area (Å²) in [5, 5.41) is 0. The first-order valence-electron chi connectivity index (χ1n) is 7.23. The van der Waals surface area contributed by atoms with Crippen molar-refractivity contribution in [1.82, 2.24) is 14.8 Å². The van der Waals surface area contributed by atoms with Gasteiger partial charge in [0.2, 0.25) is 5.91 Å². The highest BCUT2D eigenvalue weighted by Gasteiger charge is 2.48. The third-order valence-corrected chi connectivity index (χ3v) is 4.30. The van der Waals surface area contributed by atoms with E-state index in [9.17, 15) is 9.59 Å². The number of rotatable bonds is 4. The molecule has 2 aliphatic rings. The van der Waals surface area contributed by atoms with Gasteiger partial charge < -0.3 is 14.5 Å². The van der Waals surface area contributed by atoms with Crippen molar-refractivity contribution in [2.24, 2.45) is 0 Å². The average molecular weight is 289 g/mol. The number of carbonyl (C=O) groups excluding carboxylic acids is 2. The molecule has 112 valence electrons. The van der Waals surface area contributed by atoms with E-state index in [1.165, 1.54) is 0 Å². The fourth-order valence-electron chi connectivity index (χ4n) is 3.30. The van der Waals surface area contributed by atoms with Gasteiger partial charge in [-0.3, -0.25) is 14.6 Å². The summed E-state index contributed by atoms with van der Waals surface area (Å²) in [6.45, 7) is 1.81. The van der Waals surface area contributed by atoms with Crippen LogP contribution in [0.25, 0.3) is 0 Å². The molecule has 2 fully saturated rings. The third-order valence-electron chi connectivity index (χ3n) is 4.30. The van der Waals surface area contributed by atoms with E-state index in [0.29, 0.717) is 31.8 Å². The van der Waals surface area contributed by atoms with E-state index in [-0.39, 0.29) is 23.9 Å². The highest BCUT2D eigenvalue weighted by molar-refractivity contribution is 5.93. The Bertz CT molecular complexity index is 534. The second kappa shape index (κ2) is 5.81. The summed E-state index contributed by atoms with van der Waals surface area (Å²) in [6, 6.07) is 5.41. The standard InChI is InChI=1S/C15H19N3O3/c1-21-9-8-17-12-5-7-18(13(12)10-14(17)19)15(20)11-4-2-3-6-16-11/h2-4,6,12-13H,5,7-10H2,1H3/t12-,13-/m1/s1. The van der Waals surface area contributed by atoms with Crippen molar-refractivity contribution in [3.8, 4) is 0 Å². The van der Waals surface area contributed by atoms with Crippen LogP contribution in [-0.2, 0) is 9.53 Å². The van der Waals surface area contributed by atoms with E-state index < -0.39 is 0 Å². The van der Waals surface area contributed by atoms with Crippen molar-refractivity contribution >= 4 is 11.8 Å². The molecule has 3 heterocycles. The average Bonchev–Trinajstić information content (AvgIpc) is 3.04. The minimum absolute atomic E-state index is 0.0242. The van der Waals surface area contributed by atoms with Gasteiger partial charge in [-0.1, -0.05) is 6.07 Å². The first kappa shape index (κ1) is 14.0. The van der Waals surface area contributed by atoms with E-state index >= 15 is 0 Å². The molecule has 2 amide bonds. The molecule has 2 saturated heterocycles. The molecule has 1 aromatic heterocycles. The van der Waals surface area contributed by atoms with Crippen LogP contribution in [0.4, 0.5) is 0 Å². The van der Waals surface area contributed by atoms with Gasteiger partial charge in [0.05, 0.1) is 18.7 Å². The number of methoxy groups -OCH3 is 1. The molecule has 6 nitrogen and oxygen atoms in total. The van der Waals surface area contributed by atoms with Crippen molar-refractivity contribution in [2.45, 2.75) is 24.9 Å². The van der Waals surface area contributed by atoms with E-state index in [1.807, 2.05) is 4.90 Å². The molecule has 0 bridgehead atoms. The maximum absolute atomic E-state index is 12.5. The lowest BCUT2D eigenvalue weighted by atomic mass is 10.1. The molecule has 3 rings (SSSR count). The molecule has 0 aliphatic carbocycles. The number of ether oxygens (including phenoxy) is 1. The first-order chi connectivity index (χ1) is 10.2. The normalized spacial score (nSPS) is 24.5. The number of aromatic nitrogens is 1. The Hall–Kier alpha value is -1.95. The third kappa shape index (κ3) is 2.51. The van der Waals surface area contributed by atoms with Crippen LogP contribution >= 0.6 is 0 Å². The summed E-state index contributed by atoms with van der Waals surface area (Å²) in [5.41, 5.74) is 0.445. The fraction of sp³-hybridized carbons (Fsp3) is 0.533. The van der Waals surface area contributed by atoms with Gasteiger partial charge in [-0.2, -0.15) is 0 Å². The molecule has 0 N–H and O–H groups in total. The van der Waals surface area contributed by atoms with Crippen LogP contribution in [0, 0.1) is 0 Å². The first-order valence-corrected chi connectivity index (χ1v) is 7.23. The summed E-state index contributed by atoms with van der Waals surface area (Å²) in [6.07, 6.45) is 2.86. The zero-order valence-electron chi connectivity index (χ0n) is 12.1. The number of fused-ring (bicyclic) bond motifs is 1. The van der Waals surface area contributed by atoms with Gasteiger partial charge >= 0.3 is 0 Å². The highest BCUT2D eigenvalue weighted by Crippen LogP contribution is 2.32. The quantitative estimate of drug-likeness (QED) is 0.812. The van der Waals surface area contributed by atoms with Gasteiger partial charge in [-0.05, 0) is 18.6 Å². The van der Waals surface area contributed by atoms with Crippen LogP contribution in [0.3, 0.4) is 0 Å². The number of nitrogens with zero attached hydrogens (tertiary/aromatic N) is 3. The Kier molecular flexibility index (Phi) is 3.88. The minimum atomic E-state index is -0.0792. The number of amides is 2. The molecule has 21 heavy (non-hydrogen) atoms. The molecule has 2 atom stereocenters. The smallest absolute Gasteiger partial charge is 0.272 e. The lowest BCUT2D eigenvalue weighted by Gasteiger charge is -2.25.